The number of nitrogens with zero attached hydrogens (tertiary/aromatic N) is 3. The Labute approximate surface area is 168 Å². The molecule has 0 atom stereocenters. The van der Waals surface area contributed by atoms with Crippen molar-refractivity contribution in [2.45, 2.75) is 19.8 Å². The number of fused-ring (bicyclic) bond motifs is 1. The summed E-state index contributed by atoms with van der Waals surface area (Å²) in [7, 11) is 0. The number of allylic oxidation sites excluding steroid dienone is 5. The standard InChI is InChI=1S/C21H21ClN4S/c1-3-6-15(7-4-2)8-5-11-24-21-19-18(17(22)14-27-19)25-20(26-21)16-9-12-23-13-10-16/h3-4,6-7,9-10,12-14H,1,5,8,11H2,2H3,(H,24,25,26)/b7-4-,15-6+. The summed E-state index contributed by atoms with van der Waals surface area (Å²) in [5.74, 6) is 1.47. The zero-order valence-electron chi connectivity index (χ0n) is 15.2. The van der Waals surface area contributed by atoms with E-state index in [9.17, 15) is 0 Å². The molecular weight excluding hydrogens is 376 g/mol. The molecule has 0 amide bonds. The van der Waals surface area contributed by atoms with Gasteiger partial charge in [0.1, 0.15) is 11.3 Å². The lowest BCUT2D eigenvalue weighted by Gasteiger charge is -2.09. The molecule has 0 saturated heterocycles. The van der Waals surface area contributed by atoms with Crippen LogP contribution >= 0.6 is 22.9 Å². The van der Waals surface area contributed by atoms with Crippen molar-refractivity contribution in [1.82, 2.24) is 15.0 Å². The molecule has 0 aliphatic rings. The lowest BCUT2D eigenvalue weighted by molar-refractivity contribution is 0.863. The van der Waals surface area contributed by atoms with Crippen LogP contribution in [0.15, 0.2) is 66.4 Å². The van der Waals surface area contributed by atoms with Crippen molar-refractivity contribution >= 4 is 39.0 Å². The van der Waals surface area contributed by atoms with Gasteiger partial charge in [-0.15, -0.1) is 11.3 Å². The van der Waals surface area contributed by atoms with Gasteiger partial charge in [0.2, 0.25) is 0 Å². The van der Waals surface area contributed by atoms with Gasteiger partial charge in [0.05, 0.1) is 9.72 Å². The molecule has 0 aliphatic carbocycles. The van der Waals surface area contributed by atoms with Crippen LogP contribution in [-0.2, 0) is 0 Å². The van der Waals surface area contributed by atoms with Gasteiger partial charge in [-0.25, -0.2) is 9.97 Å². The maximum absolute atomic E-state index is 6.33. The molecule has 1 N–H and O–H groups in total. The van der Waals surface area contributed by atoms with Crippen LogP contribution in [0.2, 0.25) is 5.02 Å². The molecule has 0 aromatic carbocycles. The van der Waals surface area contributed by atoms with Gasteiger partial charge in [0.25, 0.3) is 0 Å². The second-order valence-corrected chi connectivity index (χ2v) is 7.19. The van der Waals surface area contributed by atoms with Crippen molar-refractivity contribution in [2.24, 2.45) is 0 Å². The van der Waals surface area contributed by atoms with E-state index in [0.29, 0.717) is 10.8 Å². The second kappa shape index (κ2) is 9.44. The first-order valence-electron chi connectivity index (χ1n) is 8.76. The molecule has 3 aromatic heterocycles. The number of nitrogens with one attached hydrogen (secondary N) is 1. The van der Waals surface area contributed by atoms with E-state index in [4.69, 9.17) is 16.6 Å². The lowest BCUT2D eigenvalue weighted by atomic mass is 10.1. The zero-order valence-corrected chi connectivity index (χ0v) is 16.7. The van der Waals surface area contributed by atoms with E-state index in [1.54, 1.807) is 23.7 Å². The summed E-state index contributed by atoms with van der Waals surface area (Å²) in [4.78, 5) is 13.4. The maximum Gasteiger partial charge on any atom is 0.162 e. The summed E-state index contributed by atoms with van der Waals surface area (Å²) in [6.07, 6.45) is 13.5. The fraction of sp³-hybridized carbons (Fsp3) is 0.190. The van der Waals surface area contributed by atoms with E-state index < -0.39 is 0 Å². The maximum atomic E-state index is 6.33. The van der Waals surface area contributed by atoms with Gasteiger partial charge in [0.15, 0.2) is 5.82 Å². The van der Waals surface area contributed by atoms with Crippen LogP contribution in [0, 0.1) is 0 Å². The van der Waals surface area contributed by atoms with E-state index in [0.717, 1.165) is 41.0 Å². The molecule has 3 aromatic rings. The van der Waals surface area contributed by atoms with E-state index >= 15 is 0 Å². The molecule has 6 heteroatoms. The van der Waals surface area contributed by atoms with Gasteiger partial charge in [-0.1, -0.05) is 42.5 Å². The number of rotatable bonds is 8. The van der Waals surface area contributed by atoms with Crippen molar-refractivity contribution in [3.8, 4) is 11.4 Å². The van der Waals surface area contributed by atoms with Gasteiger partial charge in [-0.2, -0.15) is 0 Å². The average molecular weight is 397 g/mol. The highest BCUT2D eigenvalue weighted by Gasteiger charge is 2.13. The summed E-state index contributed by atoms with van der Waals surface area (Å²) < 4.78 is 0.980. The first-order chi connectivity index (χ1) is 13.2. The molecule has 0 bridgehead atoms. The predicted molar refractivity (Wildman–Crippen MR) is 116 cm³/mol. The SMILES string of the molecule is C=C/C=C(\C=C/C)CCCNc1nc(-c2ccncc2)nc2c(Cl)csc12. The molecule has 0 saturated carbocycles. The summed E-state index contributed by atoms with van der Waals surface area (Å²) in [6, 6.07) is 3.79. The van der Waals surface area contributed by atoms with Gasteiger partial charge in [-0.3, -0.25) is 4.98 Å². The van der Waals surface area contributed by atoms with E-state index in [2.05, 4.69) is 27.9 Å². The Hall–Kier alpha value is -2.50. The Morgan fingerprint density at radius 2 is 2.11 bits per heavy atom. The van der Waals surface area contributed by atoms with Gasteiger partial charge in [-0.05, 0) is 37.5 Å². The number of hydrogen-bond acceptors (Lipinski definition) is 5. The number of thiophene rings is 1. The molecule has 138 valence electrons. The number of aromatic nitrogens is 3. The van der Waals surface area contributed by atoms with Crippen LogP contribution < -0.4 is 5.32 Å². The molecule has 4 nitrogen and oxygen atoms in total. The fourth-order valence-corrected chi connectivity index (χ4v) is 3.88. The van der Waals surface area contributed by atoms with E-state index in [-0.39, 0.29) is 0 Å². The van der Waals surface area contributed by atoms with Crippen LogP contribution in [0.4, 0.5) is 5.82 Å². The highest BCUT2D eigenvalue weighted by Crippen LogP contribution is 2.34. The molecule has 3 heterocycles. The number of hydrogen-bond donors (Lipinski definition) is 1. The van der Waals surface area contributed by atoms with Crippen LogP contribution in [0.3, 0.4) is 0 Å². The van der Waals surface area contributed by atoms with Crippen LogP contribution in [0.5, 0.6) is 0 Å². The Kier molecular flexibility index (Phi) is 6.74. The normalized spacial score (nSPS) is 12.0. The number of pyridine rings is 1. The Balaban J connectivity index is 1.79. The van der Waals surface area contributed by atoms with Crippen molar-refractivity contribution < 1.29 is 0 Å². The topological polar surface area (TPSA) is 50.7 Å². The predicted octanol–water partition coefficient (Wildman–Crippen LogP) is 6.29. The average Bonchev–Trinajstić information content (AvgIpc) is 3.07. The summed E-state index contributed by atoms with van der Waals surface area (Å²) in [6.45, 7) is 6.61. The minimum Gasteiger partial charge on any atom is -0.369 e. The minimum absolute atomic E-state index is 0.647. The van der Waals surface area contributed by atoms with E-state index in [1.807, 2.05) is 42.7 Å². The molecule has 0 unspecified atom stereocenters. The molecular formula is C21H21ClN4S. The Morgan fingerprint density at radius 3 is 2.85 bits per heavy atom. The largest absolute Gasteiger partial charge is 0.369 e. The third-order valence-corrected chi connectivity index (χ3v) is 5.35. The Bertz CT molecular complexity index is 977. The van der Waals surface area contributed by atoms with Crippen molar-refractivity contribution in [3.05, 3.63) is 71.4 Å². The van der Waals surface area contributed by atoms with Crippen LogP contribution in [0.1, 0.15) is 19.8 Å². The van der Waals surface area contributed by atoms with Crippen LogP contribution in [0.25, 0.3) is 21.6 Å². The first-order valence-corrected chi connectivity index (χ1v) is 10.0. The molecule has 0 aliphatic heterocycles. The summed E-state index contributed by atoms with van der Waals surface area (Å²) >= 11 is 7.89. The lowest BCUT2D eigenvalue weighted by Crippen LogP contribution is -2.05. The third-order valence-electron chi connectivity index (χ3n) is 3.96. The second-order valence-electron chi connectivity index (χ2n) is 5.90. The fourth-order valence-electron chi connectivity index (χ4n) is 2.73. The monoisotopic (exact) mass is 396 g/mol. The molecule has 0 radical (unpaired) electrons. The molecule has 27 heavy (non-hydrogen) atoms. The molecule has 3 rings (SSSR count). The van der Waals surface area contributed by atoms with Gasteiger partial charge >= 0.3 is 0 Å². The highest BCUT2D eigenvalue weighted by atomic mass is 35.5. The summed E-state index contributed by atoms with van der Waals surface area (Å²) in [5.41, 5.74) is 2.97. The van der Waals surface area contributed by atoms with Crippen molar-refractivity contribution in [2.75, 3.05) is 11.9 Å². The Morgan fingerprint density at radius 1 is 1.30 bits per heavy atom. The van der Waals surface area contributed by atoms with Gasteiger partial charge in [0, 0.05) is 29.9 Å². The first kappa shape index (κ1) is 19.3. The molecule has 0 spiro atoms. The third kappa shape index (κ3) is 4.81. The van der Waals surface area contributed by atoms with Crippen molar-refractivity contribution in [1.29, 1.82) is 0 Å². The van der Waals surface area contributed by atoms with Gasteiger partial charge < -0.3 is 5.32 Å². The molecule has 0 fully saturated rings. The minimum atomic E-state index is 0.647. The smallest absolute Gasteiger partial charge is 0.162 e. The highest BCUT2D eigenvalue weighted by molar-refractivity contribution is 7.18. The zero-order chi connectivity index (χ0) is 19.1. The quantitative estimate of drug-likeness (QED) is 0.359. The number of halogens is 1. The summed E-state index contributed by atoms with van der Waals surface area (Å²) in [5, 5.41) is 6.01. The van der Waals surface area contributed by atoms with E-state index in [1.165, 1.54) is 5.57 Å². The number of anilines is 1. The van der Waals surface area contributed by atoms with Crippen LogP contribution in [-0.4, -0.2) is 21.5 Å². The van der Waals surface area contributed by atoms with Crippen molar-refractivity contribution in [3.63, 3.8) is 0 Å².